The van der Waals surface area contributed by atoms with Gasteiger partial charge >= 0.3 is 0 Å². The first-order chi connectivity index (χ1) is 7.05. The number of rotatable bonds is 7. The molecule has 5 nitrogen and oxygen atoms in total. The standard InChI is InChI=1S/C10H22N2O3/c1-3-10(2,8-11)9(15)12(4-6-13)5-7-14/h13-14H,3-8,11H2,1-2H3. The highest BCUT2D eigenvalue weighted by molar-refractivity contribution is 5.82. The topological polar surface area (TPSA) is 86.8 Å². The van der Waals surface area contributed by atoms with Gasteiger partial charge in [-0.1, -0.05) is 6.92 Å². The summed E-state index contributed by atoms with van der Waals surface area (Å²) in [4.78, 5) is 13.5. The van der Waals surface area contributed by atoms with Gasteiger partial charge in [0.25, 0.3) is 0 Å². The van der Waals surface area contributed by atoms with E-state index in [1.165, 1.54) is 4.90 Å². The summed E-state index contributed by atoms with van der Waals surface area (Å²) in [7, 11) is 0. The number of carbonyl (C=O) groups is 1. The van der Waals surface area contributed by atoms with Crippen molar-refractivity contribution in [3.05, 3.63) is 0 Å². The number of hydrogen-bond acceptors (Lipinski definition) is 4. The molecule has 1 atom stereocenters. The third-order valence-electron chi connectivity index (χ3n) is 2.77. The minimum atomic E-state index is -0.593. The molecule has 0 aliphatic rings. The van der Waals surface area contributed by atoms with Gasteiger partial charge in [-0.2, -0.15) is 0 Å². The number of nitrogens with two attached hydrogens (primary N) is 1. The average Bonchev–Trinajstić information content (AvgIpc) is 2.26. The van der Waals surface area contributed by atoms with E-state index in [0.717, 1.165) is 0 Å². The van der Waals surface area contributed by atoms with Crippen molar-refractivity contribution in [3.8, 4) is 0 Å². The van der Waals surface area contributed by atoms with E-state index in [0.29, 0.717) is 6.42 Å². The van der Waals surface area contributed by atoms with Crippen molar-refractivity contribution in [3.63, 3.8) is 0 Å². The van der Waals surface area contributed by atoms with E-state index in [-0.39, 0.29) is 38.8 Å². The molecule has 0 saturated carbocycles. The molecule has 1 unspecified atom stereocenters. The zero-order chi connectivity index (χ0) is 11.9. The van der Waals surface area contributed by atoms with Gasteiger partial charge in [-0.3, -0.25) is 4.79 Å². The summed E-state index contributed by atoms with van der Waals surface area (Å²) in [6.45, 7) is 4.27. The van der Waals surface area contributed by atoms with E-state index in [4.69, 9.17) is 15.9 Å². The molecule has 0 bridgehead atoms. The highest BCUT2D eigenvalue weighted by Crippen LogP contribution is 2.22. The van der Waals surface area contributed by atoms with E-state index in [9.17, 15) is 4.79 Å². The molecule has 0 fully saturated rings. The molecular formula is C10H22N2O3. The van der Waals surface area contributed by atoms with Crippen LogP contribution in [0, 0.1) is 5.41 Å². The molecule has 0 aromatic carbocycles. The van der Waals surface area contributed by atoms with Gasteiger partial charge < -0.3 is 20.8 Å². The Bertz CT molecular complexity index is 187. The molecule has 0 aromatic heterocycles. The van der Waals surface area contributed by atoms with Crippen molar-refractivity contribution in [1.82, 2.24) is 4.90 Å². The number of aliphatic hydroxyl groups is 2. The van der Waals surface area contributed by atoms with Crippen molar-refractivity contribution in [2.45, 2.75) is 20.3 Å². The van der Waals surface area contributed by atoms with Crippen molar-refractivity contribution in [2.24, 2.45) is 11.1 Å². The second-order valence-corrected chi connectivity index (χ2v) is 3.86. The Morgan fingerprint density at radius 1 is 1.33 bits per heavy atom. The molecule has 90 valence electrons. The third-order valence-corrected chi connectivity index (χ3v) is 2.77. The summed E-state index contributed by atoms with van der Waals surface area (Å²) in [6, 6.07) is 0. The Kier molecular flexibility index (Phi) is 6.47. The normalized spacial score (nSPS) is 14.7. The summed E-state index contributed by atoms with van der Waals surface area (Å²) < 4.78 is 0. The van der Waals surface area contributed by atoms with E-state index >= 15 is 0 Å². The first-order valence-corrected chi connectivity index (χ1v) is 5.27. The van der Waals surface area contributed by atoms with Crippen LogP contribution in [0.25, 0.3) is 0 Å². The number of aliphatic hydroxyl groups excluding tert-OH is 2. The van der Waals surface area contributed by atoms with Crippen LogP contribution in [-0.4, -0.2) is 53.9 Å². The van der Waals surface area contributed by atoms with E-state index in [1.807, 2.05) is 6.92 Å². The van der Waals surface area contributed by atoms with Crippen LogP contribution >= 0.6 is 0 Å². The SMILES string of the molecule is CCC(C)(CN)C(=O)N(CCO)CCO. The van der Waals surface area contributed by atoms with Gasteiger partial charge in [0.05, 0.1) is 18.6 Å². The van der Waals surface area contributed by atoms with Crippen LogP contribution in [0.4, 0.5) is 0 Å². The highest BCUT2D eigenvalue weighted by atomic mass is 16.3. The fourth-order valence-corrected chi connectivity index (χ4v) is 1.32. The summed E-state index contributed by atoms with van der Waals surface area (Å²) in [5.41, 5.74) is 4.98. The molecule has 0 radical (unpaired) electrons. The lowest BCUT2D eigenvalue weighted by molar-refractivity contribution is -0.142. The molecule has 0 saturated heterocycles. The summed E-state index contributed by atoms with van der Waals surface area (Å²) in [5.74, 6) is -0.101. The van der Waals surface area contributed by atoms with Gasteiger partial charge in [0.2, 0.25) is 5.91 Å². The zero-order valence-electron chi connectivity index (χ0n) is 9.57. The maximum atomic E-state index is 12.0. The molecule has 0 aliphatic heterocycles. The Hall–Kier alpha value is -0.650. The molecule has 5 heteroatoms. The lowest BCUT2D eigenvalue weighted by Gasteiger charge is -2.32. The fraction of sp³-hybridized carbons (Fsp3) is 0.900. The van der Waals surface area contributed by atoms with Crippen LogP contribution in [0.2, 0.25) is 0 Å². The van der Waals surface area contributed by atoms with Gasteiger partial charge in [0, 0.05) is 19.6 Å². The van der Waals surface area contributed by atoms with E-state index in [1.54, 1.807) is 6.92 Å². The summed E-state index contributed by atoms with van der Waals surface area (Å²) >= 11 is 0. The Morgan fingerprint density at radius 2 is 1.80 bits per heavy atom. The molecular weight excluding hydrogens is 196 g/mol. The van der Waals surface area contributed by atoms with Gasteiger partial charge in [0.1, 0.15) is 0 Å². The average molecular weight is 218 g/mol. The van der Waals surface area contributed by atoms with Crippen molar-refractivity contribution >= 4 is 5.91 Å². The third kappa shape index (κ3) is 3.77. The first kappa shape index (κ1) is 14.3. The second-order valence-electron chi connectivity index (χ2n) is 3.86. The van der Waals surface area contributed by atoms with E-state index in [2.05, 4.69) is 0 Å². The van der Waals surface area contributed by atoms with Crippen LogP contribution in [0.15, 0.2) is 0 Å². The van der Waals surface area contributed by atoms with Crippen molar-refractivity contribution < 1.29 is 15.0 Å². The summed E-state index contributed by atoms with van der Waals surface area (Å²) in [5, 5.41) is 17.6. The molecule has 1 amide bonds. The van der Waals surface area contributed by atoms with Gasteiger partial charge in [0.15, 0.2) is 0 Å². The van der Waals surface area contributed by atoms with Crippen LogP contribution in [-0.2, 0) is 4.79 Å². The van der Waals surface area contributed by atoms with Crippen LogP contribution < -0.4 is 5.73 Å². The maximum absolute atomic E-state index is 12.0. The number of hydrogen-bond donors (Lipinski definition) is 3. The minimum absolute atomic E-state index is 0.101. The minimum Gasteiger partial charge on any atom is -0.395 e. The van der Waals surface area contributed by atoms with Crippen LogP contribution in [0.5, 0.6) is 0 Å². The Labute approximate surface area is 90.9 Å². The molecule has 15 heavy (non-hydrogen) atoms. The van der Waals surface area contributed by atoms with Crippen molar-refractivity contribution in [2.75, 3.05) is 32.8 Å². The monoisotopic (exact) mass is 218 g/mol. The number of amides is 1. The van der Waals surface area contributed by atoms with E-state index < -0.39 is 5.41 Å². The molecule has 0 rings (SSSR count). The van der Waals surface area contributed by atoms with Gasteiger partial charge in [-0.15, -0.1) is 0 Å². The van der Waals surface area contributed by atoms with Crippen LogP contribution in [0.1, 0.15) is 20.3 Å². The fourth-order valence-electron chi connectivity index (χ4n) is 1.32. The zero-order valence-corrected chi connectivity index (χ0v) is 9.57. The summed E-state index contributed by atoms with van der Waals surface area (Å²) in [6.07, 6.45) is 0.649. The maximum Gasteiger partial charge on any atom is 0.229 e. The lowest BCUT2D eigenvalue weighted by atomic mass is 9.86. The smallest absolute Gasteiger partial charge is 0.229 e. The quantitative estimate of drug-likeness (QED) is 0.521. The first-order valence-electron chi connectivity index (χ1n) is 5.27. The van der Waals surface area contributed by atoms with Crippen LogP contribution in [0.3, 0.4) is 0 Å². The molecule has 0 aliphatic carbocycles. The van der Waals surface area contributed by atoms with Gasteiger partial charge in [-0.05, 0) is 13.3 Å². The molecule has 0 aromatic rings. The molecule has 0 spiro atoms. The largest absolute Gasteiger partial charge is 0.395 e. The Balaban J connectivity index is 4.59. The Morgan fingerprint density at radius 3 is 2.07 bits per heavy atom. The second kappa shape index (κ2) is 6.76. The number of nitrogens with zero attached hydrogens (tertiary/aromatic N) is 1. The highest BCUT2D eigenvalue weighted by Gasteiger charge is 2.33. The molecule has 4 N–H and O–H groups in total. The number of carbonyl (C=O) groups excluding carboxylic acids is 1. The van der Waals surface area contributed by atoms with Crippen molar-refractivity contribution in [1.29, 1.82) is 0 Å². The predicted octanol–water partition coefficient (Wildman–Crippen LogP) is -0.825. The lowest BCUT2D eigenvalue weighted by Crippen LogP contribution is -2.48. The molecule has 0 heterocycles. The predicted molar refractivity (Wildman–Crippen MR) is 58.2 cm³/mol. The van der Waals surface area contributed by atoms with Gasteiger partial charge in [-0.25, -0.2) is 0 Å².